The summed E-state index contributed by atoms with van der Waals surface area (Å²) in [6.07, 6.45) is 3.48. The largest absolute Gasteiger partial charge is 0.496 e. The van der Waals surface area contributed by atoms with Crippen molar-refractivity contribution in [3.63, 3.8) is 0 Å². The molecule has 1 aromatic carbocycles. The van der Waals surface area contributed by atoms with Crippen molar-refractivity contribution >= 4 is 28.2 Å². The van der Waals surface area contributed by atoms with Gasteiger partial charge in [0.05, 0.1) is 12.7 Å². The Bertz CT molecular complexity index is 945. The number of carbonyl (C=O) groups is 2. The van der Waals surface area contributed by atoms with Crippen LogP contribution in [0.5, 0.6) is 5.75 Å². The Morgan fingerprint density at radius 2 is 2.14 bits per heavy atom. The lowest BCUT2D eigenvalue weighted by Crippen LogP contribution is -2.21. The predicted molar refractivity (Wildman–Crippen MR) is 111 cm³/mol. The second kappa shape index (κ2) is 9.57. The fourth-order valence-electron chi connectivity index (χ4n) is 3.48. The molecule has 0 unspecified atom stereocenters. The highest BCUT2D eigenvalue weighted by Gasteiger charge is 2.24. The van der Waals surface area contributed by atoms with Gasteiger partial charge in [-0.15, -0.1) is 11.3 Å². The smallest absolute Gasteiger partial charge is 0.306 e. The van der Waals surface area contributed by atoms with Gasteiger partial charge >= 0.3 is 5.97 Å². The molecule has 1 atom stereocenters. The van der Waals surface area contributed by atoms with Crippen molar-refractivity contribution in [2.75, 3.05) is 19.0 Å². The van der Waals surface area contributed by atoms with Crippen molar-refractivity contribution < 1.29 is 19.1 Å². The molecule has 0 fully saturated rings. The van der Waals surface area contributed by atoms with Crippen LogP contribution in [0.2, 0.25) is 0 Å². The van der Waals surface area contributed by atoms with Crippen molar-refractivity contribution in [2.45, 2.75) is 39.0 Å². The Morgan fingerprint density at radius 3 is 2.90 bits per heavy atom. The van der Waals surface area contributed by atoms with E-state index in [4.69, 9.17) is 9.47 Å². The van der Waals surface area contributed by atoms with E-state index in [1.807, 2.05) is 24.3 Å². The van der Waals surface area contributed by atoms with E-state index in [9.17, 15) is 14.9 Å². The lowest BCUT2D eigenvalue weighted by atomic mass is 9.89. The highest BCUT2D eigenvalue weighted by molar-refractivity contribution is 7.16. The minimum absolute atomic E-state index is 0.155. The number of thiophene rings is 1. The molecule has 6 nitrogen and oxygen atoms in total. The van der Waals surface area contributed by atoms with Crippen molar-refractivity contribution in [3.8, 4) is 11.8 Å². The molecule has 1 N–H and O–H groups in total. The number of para-hydroxylation sites is 1. The summed E-state index contributed by atoms with van der Waals surface area (Å²) in [6, 6.07) is 9.68. The number of ether oxygens (including phenoxy) is 2. The Balaban J connectivity index is 1.51. The Morgan fingerprint density at radius 1 is 1.34 bits per heavy atom. The van der Waals surface area contributed by atoms with Gasteiger partial charge in [-0.05, 0) is 48.8 Å². The first-order valence-electron chi connectivity index (χ1n) is 9.63. The Labute approximate surface area is 174 Å². The molecule has 2 aromatic rings. The molecule has 1 aliphatic carbocycles. The second-order valence-electron chi connectivity index (χ2n) is 7.19. The van der Waals surface area contributed by atoms with Crippen LogP contribution >= 0.6 is 11.3 Å². The van der Waals surface area contributed by atoms with Gasteiger partial charge < -0.3 is 14.8 Å². The van der Waals surface area contributed by atoms with Crippen LogP contribution in [0.25, 0.3) is 0 Å². The third-order valence-electron chi connectivity index (χ3n) is 5.03. The first-order chi connectivity index (χ1) is 14.0. The summed E-state index contributed by atoms with van der Waals surface area (Å²) in [5.74, 6) is 0.420. The number of nitrogens with zero attached hydrogens (tertiary/aromatic N) is 1. The third-order valence-corrected chi connectivity index (χ3v) is 6.20. The van der Waals surface area contributed by atoms with Crippen LogP contribution in [0, 0.1) is 17.2 Å². The molecule has 1 heterocycles. The number of esters is 1. The van der Waals surface area contributed by atoms with Crippen molar-refractivity contribution in [1.82, 2.24) is 0 Å². The zero-order valence-electron chi connectivity index (χ0n) is 16.6. The molecule has 7 heteroatoms. The zero-order valence-corrected chi connectivity index (χ0v) is 17.4. The number of benzene rings is 1. The molecular formula is C22H24N2O4S. The van der Waals surface area contributed by atoms with Crippen molar-refractivity contribution in [1.29, 1.82) is 5.26 Å². The first-order valence-corrected chi connectivity index (χ1v) is 10.5. The van der Waals surface area contributed by atoms with Gasteiger partial charge in [0, 0.05) is 11.3 Å². The summed E-state index contributed by atoms with van der Waals surface area (Å²) < 4.78 is 10.4. The van der Waals surface area contributed by atoms with E-state index < -0.39 is 11.9 Å². The average Bonchev–Trinajstić information content (AvgIpc) is 3.06. The minimum atomic E-state index is -0.453. The lowest BCUT2D eigenvalue weighted by Gasteiger charge is -2.17. The summed E-state index contributed by atoms with van der Waals surface area (Å²) in [4.78, 5) is 25.4. The normalized spacial score (nSPS) is 15.1. The maximum absolute atomic E-state index is 12.2. The van der Waals surface area contributed by atoms with Crippen LogP contribution in [0.1, 0.15) is 41.3 Å². The number of carbonyl (C=O) groups excluding carboxylic acids is 2. The fourth-order valence-corrected chi connectivity index (χ4v) is 4.86. The number of fused-ring (bicyclic) bond motifs is 1. The highest BCUT2D eigenvalue weighted by Crippen LogP contribution is 2.39. The van der Waals surface area contributed by atoms with Crippen LogP contribution in [-0.2, 0) is 33.6 Å². The molecule has 0 bridgehead atoms. The molecular weight excluding hydrogens is 388 g/mol. The molecule has 1 aromatic heterocycles. The van der Waals surface area contributed by atoms with Gasteiger partial charge in [0.1, 0.15) is 16.8 Å². The summed E-state index contributed by atoms with van der Waals surface area (Å²) >= 11 is 1.46. The number of methoxy groups -OCH3 is 1. The Hall–Kier alpha value is -2.85. The van der Waals surface area contributed by atoms with Gasteiger partial charge in [0.2, 0.25) is 0 Å². The van der Waals surface area contributed by atoms with Gasteiger partial charge in [0.25, 0.3) is 5.91 Å². The summed E-state index contributed by atoms with van der Waals surface area (Å²) in [7, 11) is 1.58. The summed E-state index contributed by atoms with van der Waals surface area (Å²) in [5, 5.41) is 12.8. The maximum Gasteiger partial charge on any atom is 0.306 e. The van der Waals surface area contributed by atoms with Crippen LogP contribution in [-0.4, -0.2) is 25.6 Å². The summed E-state index contributed by atoms with van der Waals surface area (Å²) in [6.45, 7) is 1.83. The van der Waals surface area contributed by atoms with Gasteiger partial charge in [-0.1, -0.05) is 25.1 Å². The highest BCUT2D eigenvalue weighted by atomic mass is 32.1. The number of anilines is 1. The molecule has 152 valence electrons. The average molecular weight is 413 g/mol. The molecule has 3 rings (SSSR count). The molecule has 1 aliphatic rings. The number of hydrogen-bond acceptors (Lipinski definition) is 6. The zero-order chi connectivity index (χ0) is 20.8. The van der Waals surface area contributed by atoms with E-state index in [0.717, 1.165) is 36.1 Å². The SMILES string of the molecule is COc1ccccc1CCC(=O)OCC(=O)Nc1sc2c(c1C#N)CC[C@@H](C)C2. The molecule has 29 heavy (non-hydrogen) atoms. The maximum atomic E-state index is 12.2. The van der Waals surface area contributed by atoms with E-state index in [2.05, 4.69) is 18.3 Å². The molecule has 1 amide bonds. The first kappa shape index (κ1) is 20.9. The molecule has 0 saturated heterocycles. The monoisotopic (exact) mass is 412 g/mol. The van der Waals surface area contributed by atoms with E-state index in [-0.39, 0.29) is 13.0 Å². The number of nitrogens with one attached hydrogen (secondary N) is 1. The van der Waals surface area contributed by atoms with Crippen LogP contribution in [0.3, 0.4) is 0 Å². The number of amides is 1. The molecule has 0 radical (unpaired) electrons. The van der Waals surface area contributed by atoms with Gasteiger partial charge in [-0.25, -0.2) is 0 Å². The van der Waals surface area contributed by atoms with Gasteiger partial charge in [-0.3, -0.25) is 9.59 Å². The van der Waals surface area contributed by atoms with Crippen molar-refractivity contribution in [3.05, 3.63) is 45.8 Å². The summed E-state index contributed by atoms with van der Waals surface area (Å²) in [5.41, 5.74) is 2.51. The quantitative estimate of drug-likeness (QED) is 0.698. The number of rotatable bonds is 7. The van der Waals surface area contributed by atoms with E-state index in [1.165, 1.54) is 16.2 Å². The third kappa shape index (κ3) is 5.15. The van der Waals surface area contributed by atoms with E-state index >= 15 is 0 Å². The van der Waals surface area contributed by atoms with Crippen LogP contribution < -0.4 is 10.1 Å². The van der Waals surface area contributed by atoms with Crippen LogP contribution in [0.15, 0.2) is 24.3 Å². The van der Waals surface area contributed by atoms with E-state index in [0.29, 0.717) is 22.9 Å². The predicted octanol–water partition coefficient (Wildman–Crippen LogP) is 3.87. The number of nitriles is 1. The fraction of sp³-hybridized carbons (Fsp3) is 0.409. The molecule has 0 saturated carbocycles. The van der Waals surface area contributed by atoms with E-state index in [1.54, 1.807) is 7.11 Å². The Kier molecular flexibility index (Phi) is 6.89. The lowest BCUT2D eigenvalue weighted by molar-refractivity contribution is -0.147. The number of aryl methyl sites for hydroxylation is 1. The van der Waals surface area contributed by atoms with Crippen LogP contribution in [0.4, 0.5) is 5.00 Å². The van der Waals surface area contributed by atoms with Crippen molar-refractivity contribution in [2.24, 2.45) is 5.92 Å². The van der Waals surface area contributed by atoms with Gasteiger partial charge in [-0.2, -0.15) is 5.26 Å². The molecule has 0 aliphatic heterocycles. The minimum Gasteiger partial charge on any atom is -0.496 e. The standard InChI is InChI=1S/C22H24N2O4S/c1-14-7-9-16-17(12-23)22(29-19(16)11-14)24-20(25)13-28-21(26)10-8-15-5-3-4-6-18(15)27-2/h3-6,14H,7-11,13H2,1-2H3,(H,24,25)/t14-/m1/s1. The number of hydrogen-bond donors (Lipinski definition) is 1. The molecule has 0 spiro atoms. The topological polar surface area (TPSA) is 88.4 Å². The van der Waals surface area contributed by atoms with Gasteiger partial charge in [0.15, 0.2) is 6.61 Å². The second-order valence-corrected chi connectivity index (χ2v) is 8.29.